The molecule has 62 heavy (non-hydrogen) atoms. The summed E-state index contributed by atoms with van der Waals surface area (Å²) >= 11 is 0. The SMILES string of the molecule is COC(=O)[C@]12CCC(C)(C)CC1C1=CCC3[C@@]4(C)CC[C@@H](NC(=O)CCCCC(=O)OOC[C@H]5O[C@@H](n6cc(C)c(=O)[nH]c6=O)C[C@@H]5N=[N+]=[N-])C(C)(C)C4CC[C@@]3(C)[C@]1(C)CC2. The predicted molar refractivity (Wildman–Crippen MR) is 231 cm³/mol. The van der Waals surface area contributed by atoms with E-state index in [-0.39, 0.29) is 70.4 Å². The summed E-state index contributed by atoms with van der Waals surface area (Å²) in [7, 11) is 1.57. The third kappa shape index (κ3) is 7.86. The number of hydrogen-bond acceptors (Lipinski definition) is 10. The van der Waals surface area contributed by atoms with Gasteiger partial charge in [0.2, 0.25) is 5.91 Å². The first-order valence-electron chi connectivity index (χ1n) is 23.1. The van der Waals surface area contributed by atoms with Crippen molar-refractivity contribution in [2.45, 2.75) is 176 Å². The average molecular weight is 863 g/mol. The fourth-order valence-electron chi connectivity index (χ4n) is 14.1. The van der Waals surface area contributed by atoms with Gasteiger partial charge in [-0.05, 0) is 134 Å². The van der Waals surface area contributed by atoms with Gasteiger partial charge in [0.05, 0.1) is 24.7 Å². The number of H-pyrrole nitrogens is 1. The van der Waals surface area contributed by atoms with Gasteiger partial charge in [-0.15, -0.1) is 0 Å². The molecule has 0 radical (unpaired) electrons. The highest BCUT2D eigenvalue weighted by molar-refractivity contribution is 5.79. The maximum Gasteiger partial charge on any atom is 0.342 e. The molecule has 0 aromatic carbocycles. The Morgan fingerprint density at radius 2 is 1.71 bits per heavy atom. The van der Waals surface area contributed by atoms with Gasteiger partial charge in [0.25, 0.3) is 5.56 Å². The molecule has 2 N–H and O–H groups in total. The molecule has 5 fully saturated rings. The second-order valence-electron chi connectivity index (χ2n) is 21.9. The van der Waals surface area contributed by atoms with Crippen molar-refractivity contribution in [3.63, 3.8) is 0 Å². The number of esters is 1. The smallest absolute Gasteiger partial charge is 0.342 e. The number of rotatable bonds is 12. The number of hydrogen-bond donors (Lipinski definition) is 2. The van der Waals surface area contributed by atoms with Crippen LogP contribution in [0.1, 0.15) is 157 Å². The fraction of sp³-hybridized carbons (Fsp3) is 0.809. The van der Waals surface area contributed by atoms with Crippen LogP contribution in [0.2, 0.25) is 0 Å². The number of carbonyl (C=O) groups is 3. The fourth-order valence-corrected chi connectivity index (χ4v) is 14.1. The lowest BCUT2D eigenvalue weighted by Crippen LogP contribution is -2.66. The summed E-state index contributed by atoms with van der Waals surface area (Å²) in [5.74, 6) is 0.577. The second-order valence-corrected chi connectivity index (χ2v) is 21.9. The number of fused-ring (bicyclic) bond motifs is 7. The van der Waals surface area contributed by atoms with Crippen LogP contribution in [0.25, 0.3) is 10.4 Å². The first kappa shape index (κ1) is 46.1. The molecule has 2 heterocycles. The monoisotopic (exact) mass is 863 g/mol. The van der Waals surface area contributed by atoms with Crippen molar-refractivity contribution < 1.29 is 33.6 Å². The Morgan fingerprint density at radius 1 is 0.984 bits per heavy atom. The van der Waals surface area contributed by atoms with E-state index in [1.165, 1.54) is 16.3 Å². The van der Waals surface area contributed by atoms with Gasteiger partial charge in [-0.1, -0.05) is 65.2 Å². The van der Waals surface area contributed by atoms with Gasteiger partial charge < -0.3 is 14.8 Å². The number of amides is 1. The van der Waals surface area contributed by atoms with E-state index in [0.29, 0.717) is 36.7 Å². The van der Waals surface area contributed by atoms with E-state index < -0.39 is 41.0 Å². The van der Waals surface area contributed by atoms with Crippen LogP contribution in [0.3, 0.4) is 0 Å². The van der Waals surface area contributed by atoms with Crippen LogP contribution < -0.4 is 16.6 Å². The van der Waals surface area contributed by atoms with Crippen LogP contribution in [-0.4, -0.2) is 59.3 Å². The normalized spacial score (nSPS) is 37.8. The molecule has 11 atom stereocenters. The van der Waals surface area contributed by atoms with Gasteiger partial charge in [0.15, 0.2) is 0 Å². The summed E-state index contributed by atoms with van der Waals surface area (Å²) in [5.41, 5.74) is 9.68. The number of ether oxygens (including phenoxy) is 2. The number of azide groups is 1. The lowest BCUT2D eigenvalue weighted by molar-refractivity contribution is -0.284. The zero-order chi connectivity index (χ0) is 45.0. The van der Waals surface area contributed by atoms with Gasteiger partial charge in [0.1, 0.15) is 12.8 Å². The van der Waals surface area contributed by atoms with Crippen LogP contribution in [0.15, 0.2) is 32.5 Å². The topological polar surface area (TPSA) is 204 Å². The summed E-state index contributed by atoms with van der Waals surface area (Å²) in [5, 5.41) is 7.18. The lowest BCUT2D eigenvalue weighted by Gasteiger charge is -2.71. The Kier molecular flexibility index (Phi) is 12.5. The highest BCUT2D eigenvalue weighted by atomic mass is 17.2. The minimum atomic E-state index is -0.809. The minimum Gasteiger partial charge on any atom is -0.469 e. The van der Waals surface area contributed by atoms with Gasteiger partial charge in [-0.25, -0.2) is 9.59 Å². The number of nitrogens with zero attached hydrogens (tertiary/aromatic N) is 4. The molecule has 5 aliphatic carbocycles. The molecule has 6 aliphatic rings. The molecule has 15 nitrogen and oxygen atoms in total. The highest BCUT2D eigenvalue weighted by Crippen LogP contribution is 2.75. The van der Waals surface area contributed by atoms with Crippen molar-refractivity contribution >= 4 is 17.8 Å². The zero-order valence-electron chi connectivity index (χ0n) is 38.5. The molecule has 15 heteroatoms. The first-order chi connectivity index (χ1) is 29.2. The molecule has 7 rings (SSSR count). The van der Waals surface area contributed by atoms with E-state index in [0.717, 1.165) is 64.2 Å². The third-order valence-corrected chi connectivity index (χ3v) is 17.9. The van der Waals surface area contributed by atoms with Crippen molar-refractivity contribution in [3.8, 4) is 0 Å². The highest BCUT2D eigenvalue weighted by Gasteiger charge is 2.69. The van der Waals surface area contributed by atoms with Crippen LogP contribution in [0.5, 0.6) is 0 Å². The Morgan fingerprint density at radius 3 is 2.44 bits per heavy atom. The van der Waals surface area contributed by atoms with Crippen molar-refractivity contribution in [1.29, 1.82) is 0 Å². The van der Waals surface area contributed by atoms with E-state index in [1.807, 2.05) is 0 Å². The molecule has 1 aromatic rings. The number of aryl methyl sites for hydroxylation is 1. The van der Waals surface area contributed by atoms with Gasteiger partial charge in [-0.3, -0.25) is 28.8 Å². The number of nitrogens with one attached hydrogen (secondary N) is 2. The maximum absolute atomic E-state index is 13.6. The van der Waals surface area contributed by atoms with E-state index in [4.69, 9.17) is 24.8 Å². The van der Waals surface area contributed by atoms with Crippen LogP contribution in [-0.2, 0) is 33.6 Å². The number of methoxy groups -OCH3 is 1. The molecule has 0 bridgehead atoms. The van der Waals surface area contributed by atoms with Crippen LogP contribution in [0.4, 0.5) is 0 Å². The number of unbranched alkanes of at least 4 members (excludes halogenated alkanes) is 1. The third-order valence-electron chi connectivity index (χ3n) is 17.9. The molecule has 1 aromatic heterocycles. The molecular formula is C47H70N6O9. The number of allylic oxidation sites excluding steroid dienone is 2. The molecule has 3 unspecified atom stereocenters. The van der Waals surface area contributed by atoms with Crippen molar-refractivity contribution in [2.24, 2.45) is 55.4 Å². The Labute approximate surface area is 365 Å². The molecular weight excluding hydrogens is 793 g/mol. The van der Waals surface area contributed by atoms with Gasteiger partial charge >= 0.3 is 17.6 Å². The maximum atomic E-state index is 13.6. The molecule has 1 aliphatic heterocycles. The quantitative estimate of drug-likeness (QED) is 0.0303. The van der Waals surface area contributed by atoms with E-state index >= 15 is 0 Å². The van der Waals surface area contributed by atoms with Gasteiger partial charge in [0, 0.05) is 42.0 Å². The summed E-state index contributed by atoms with van der Waals surface area (Å²) in [4.78, 5) is 79.0. The van der Waals surface area contributed by atoms with Crippen molar-refractivity contribution in [1.82, 2.24) is 14.9 Å². The van der Waals surface area contributed by atoms with Crippen LogP contribution in [0, 0.1) is 57.2 Å². The Balaban J connectivity index is 0.902. The number of aromatic nitrogens is 2. The molecule has 4 saturated carbocycles. The average Bonchev–Trinajstić information content (AvgIpc) is 3.60. The van der Waals surface area contributed by atoms with Crippen molar-refractivity contribution in [2.75, 3.05) is 13.7 Å². The molecule has 1 saturated heterocycles. The second kappa shape index (κ2) is 16.9. The van der Waals surface area contributed by atoms with Gasteiger partial charge in [-0.2, -0.15) is 4.89 Å². The summed E-state index contributed by atoms with van der Waals surface area (Å²) in [6.07, 6.45) is 14.0. The summed E-state index contributed by atoms with van der Waals surface area (Å²) < 4.78 is 12.7. The molecule has 1 amide bonds. The zero-order valence-corrected chi connectivity index (χ0v) is 38.5. The standard InChI is InChI=1S/C47H70N6O9/c1-28-26-53(41(58)50-39(28)56)37-24-31(51-52-48)32(61-37)27-60-62-38(55)13-11-10-12-36(54)49-35-17-18-44(6)33(43(35,4)5)16-19-46(8)34(44)15-14-29-30-25-42(2,3)20-22-47(30,40(57)59-9)23-21-45(29,46)7/h14,26,30-35,37H,10-13,15-25,27H2,1-9H3,(H,49,54)(H,50,56,58)/t30?,31-,32+,33?,34?,35+,37+,44-,45+,46+,47-/m0/s1. The van der Waals surface area contributed by atoms with E-state index in [9.17, 15) is 24.0 Å². The van der Waals surface area contributed by atoms with Crippen LogP contribution >= 0.6 is 0 Å². The number of aromatic amines is 1. The largest absolute Gasteiger partial charge is 0.469 e. The molecule has 342 valence electrons. The Bertz CT molecular complexity index is 2120. The summed E-state index contributed by atoms with van der Waals surface area (Å²) in [6, 6.07) is -0.638. The first-order valence-corrected chi connectivity index (χ1v) is 23.1. The molecule has 0 spiro atoms. The minimum absolute atomic E-state index is 0.00443. The summed E-state index contributed by atoms with van der Waals surface area (Å²) in [6.45, 7) is 18.5. The van der Waals surface area contributed by atoms with E-state index in [2.05, 4.69) is 74.9 Å². The predicted octanol–water partition coefficient (Wildman–Crippen LogP) is 8.31. The van der Waals surface area contributed by atoms with Crippen molar-refractivity contribution in [3.05, 3.63) is 54.7 Å². The lowest BCUT2D eigenvalue weighted by atomic mass is 9.33. The van der Waals surface area contributed by atoms with E-state index in [1.54, 1.807) is 14.0 Å². The Hall–Kier alpha value is -3.94. The number of carbonyl (C=O) groups excluding carboxylic acids is 3.